The molecule has 1 heterocycles. The molecule has 1 rings (SSSR count). The molecule has 0 fully saturated rings. The summed E-state index contributed by atoms with van der Waals surface area (Å²) >= 11 is 1.65. The molecule has 0 saturated heterocycles. The molecule has 74 valence electrons. The van der Waals surface area contributed by atoms with Gasteiger partial charge in [-0.2, -0.15) is 11.3 Å². The molecule has 0 bridgehead atoms. The highest BCUT2D eigenvalue weighted by molar-refractivity contribution is 7.84. The normalized spacial score (nSPS) is 15.5. The monoisotopic (exact) mass is 217 g/mol. The van der Waals surface area contributed by atoms with E-state index >= 15 is 0 Å². The van der Waals surface area contributed by atoms with Crippen molar-refractivity contribution >= 4 is 22.1 Å². The van der Waals surface area contributed by atoms with Gasteiger partial charge in [0.1, 0.15) is 0 Å². The van der Waals surface area contributed by atoms with Gasteiger partial charge >= 0.3 is 0 Å². The van der Waals surface area contributed by atoms with E-state index in [4.69, 9.17) is 5.73 Å². The van der Waals surface area contributed by atoms with Gasteiger partial charge in [0.15, 0.2) is 0 Å². The lowest BCUT2D eigenvalue weighted by Crippen LogP contribution is -2.17. The summed E-state index contributed by atoms with van der Waals surface area (Å²) in [5, 5.41) is 4.28. The predicted molar refractivity (Wildman–Crippen MR) is 59.3 cm³/mol. The van der Waals surface area contributed by atoms with Gasteiger partial charge in [0.2, 0.25) is 0 Å². The molecule has 1 aromatic heterocycles. The van der Waals surface area contributed by atoms with Crippen LogP contribution in [0.25, 0.3) is 0 Å². The number of hydrogen-bond donors (Lipinski definition) is 1. The summed E-state index contributed by atoms with van der Waals surface area (Å²) in [5.41, 5.74) is 6.58. The van der Waals surface area contributed by atoms with E-state index in [0.29, 0.717) is 12.3 Å². The Morgan fingerprint density at radius 3 is 3.00 bits per heavy atom. The number of rotatable bonds is 5. The molecule has 1 aromatic rings. The lowest BCUT2D eigenvalue weighted by atomic mass is 10.3. The van der Waals surface area contributed by atoms with Crippen molar-refractivity contribution in [2.45, 2.75) is 24.3 Å². The molecule has 0 saturated carbocycles. The first-order chi connectivity index (χ1) is 6.24. The molecule has 0 spiro atoms. The maximum absolute atomic E-state index is 11.7. The van der Waals surface area contributed by atoms with Crippen LogP contribution in [0.4, 0.5) is 0 Å². The predicted octanol–water partition coefficient (Wildman–Crippen LogP) is 1.73. The third-order valence-electron chi connectivity index (χ3n) is 1.91. The molecule has 2 unspecified atom stereocenters. The van der Waals surface area contributed by atoms with Crippen molar-refractivity contribution in [3.63, 3.8) is 0 Å². The van der Waals surface area contributed by atoms with Crippen molar-refractivity contribution in [1.82, 2.24) is 0 Å². The molecule has 0 aromatic carbocycles. The van der Waals surface area contributed by atoms with Gasteiger partial charge in [-0.3, -0.25) is 4.21 Å². The SMILES string of the molecule is CC(CCN)S(=O)Cc1ccsc1. The van der Waals surface area contributed by atoms with Crippen LogP contribution in [0.2, 0.25) is 0 Å². The van der Waals surface area contributed by atoms with Crippen LogP contribution in [0.5, 0.6) is 0 Å². The topological polar surface area (TPSA) is 43.1 Å². The van der Waals surface area contributed by atoms with Gasteiger partial charge in [-0.25, -0.2) is 0 Å². The lowest BCUT2D eigenvalue weighted by molar-refractivity contribution is 0.665. The van der Waals surface area contributed by atoms with Crippen LogP contribution < -0.4 is 5.73 Å². The molecule has 0 radical (unpaired) electrons. The molecule has 0 aliphatic rings. The van der Waals surface area contributed by atoms with Crippen LogP contribution in [-0.4, -0.2) is 16.0 Å². The summed E-state index contributed by atoms with van der Waals surface area (Å²) in [6.45, 7) is 2.62. The van der Waals surface area contributed by atoms with E-state index in [2.05, 4.69) is 0 Å². The molecule has 0 amide bonds. The van der Waals surface area contributed by atoms with Gasteiger partial charge < -0.3 is 5.73 Å². The van der Waals surface area contributed by atoms with E-state index < -0.39 is 10.8 Å². The maximum atomic E-state index is 11.7. The highest BCUT2D eigenvalue weighted by Gasteiger charge is 2.10. The van der Waals surface area contributed by atoms with Gasteiger partial charge in [0.05, 0.1) is 0 Å². The molecular weight excluding hydrogens is 202 g/mol. The third-order valence-corrected chi connectivity index (χ3v) is 4.39. The quantitative estimate of drug-likeness (QED) is 0.816. The first-order valence-corrected chi connectivity index (χ1v) is 6.65. The lowest BCUT2D eigenvalue weighted by Gasteiger charge is -2.08. The average Bonchev–Trinajstić information content (AvgIpc) is 2.57. The Morgan fingerprint density at radius 1 is 1.69 bits per heavy atom. The fraction of sp³-hybridized carbons (Fsp3) is 0.556. The summed E-state index contributed by atoms with van der Waals surface area (Å²) < 4.78 is 11.7. The second-order valence-electron chi connectivity index (χ2n) is 3.04. The number of nitrogens with two attached hydrogens (primary N) is 1. The largest absolute Gasteiger partial charge is 0.330 e. The highest BCUT2D eigenvalue weighted by atomic mass is 32.2. The van der Waals surface area contributed by atoms with E-state index in [1.807, 2.05) is 23.8 Å². The van der Waals surface area contributed by atoms with Crippen molar-refractivity contribution in [3.05, 3.63) is 22.4 Å². The van der Waals surface area contributed by atoms with Gasteiger partial charge in [-0.05, 0) is 35.4 Å². The van der Waals surface area contributed by atoms with E-state index in [9.17, 15) is 4.21 Å². The minimum absolute atomic E-state index is 0.213. The Hall–Kier alpha value is -0.190. The van der Waals surface area contributed by atoms with E-state index in [-0.39, 0.29) is 5.25 Å². The molecule has 4 heteroatoms. The zero-order valence-electron chi connectivity index (χ0n) is 7.73. The van der Waals surface area contributed by atoms with Crippen molar-refractivity contribution in [2.75, 3.05) is 6.54 Å². The fourth-order valence-electron chi connectivity index (χ4n) is 1.05. The first-order valence-electron chi connectivity index (χ1n) is 4.32. The Bertz CT molecular complexity index is 259. The van der Waals surface area contributed by atoms with Crippen LogP contribution in [0.3, 0.4) is 0 Å². The van der Waals surface area contributed by atoms with Crippen molar-refractivity contribution < 1.29 is 4.21 Å². The molecule has 2 atom stereocenters. The zero-order valence-corrected chi connectivity index (χ0v) is 9.37. The van der Waals surface area contributed by atoms with E-state index in [0.717, 1.165) is 6.42 Å². The highest BCUT2D eigenvalue weighted by Crippen LogP contribution is 2.12. The minimum Gasteiger partial charge on any atom is -0.330 e. The summed E-state index contributed by atoms with van der Waals surface area (Å²) in [7, 11) is -0.767. The summed E-state index contributed by atoms with van der Waals surface area (Å²) in [5.74, 6) is 0.671. The van der Waals surface area contributed by atoms with Crippen molar-refractivity contribution in [3.8, 4) is 0 Å². The van der Waals surface area contributed by atoms with Crippen LogP contribution in [0.1, 0.15) is 18.9 Å². The summed E-state index contributed by atoms with van der Waals surface area (Å²) in [6, 6.07) is 2.03. The number of thiophene rings is 1. The van der Waals surface area contributed by atoms with E-state index in [1.54, 1.807) is 11.3 Å². The number of hydrogen-bond acceptors (Lipinski definition) is 3. The molecule has 2 nitrogen and oxygen atoms in total. The summed E-state index contributed by atoms with van der Waals surface area (Å²) in [6.07, 6.45) is 0.844. The minimum atomic E-state index is -0.767. The molecular formula is C9H15NOS2. The van der Waals surface area contributed by atoms with Crippen molar-refractivity contribution in [2.24, 2.45) is 5.73 Å². The van der Waals surface area contributed by atoms with Gasteiger partial charge in [-0.15, -0.1) is 0 Å². The maximum Gasteiger partial charge on any atom is 0.0496 e. The second kappa shape index (κ2) is 5.52. The average molecular weight is 217 g/mol. The van der Waals surface area contributed by atoms with Gasteiger partial charge in [-0.1, -0.05) is 6.92 Å². The van der Waals surface area contributed by atoms with Crippen LogP contribution in [0, 0.1) is 0 Å². The van der Waals surface area contributed by atoms with Gasteiger partial charge in [0.25, 0.3) is 0 Å². The zero-order chi connectivity index (χ0) is 9.68. The Morgan fingerprint density at radius 2 is 2.46 bits per heavy atom. The van der Waals surface area contributed by atoms with Crippen LogP contribution in [0.15, 0.2) is 16.8 Å². The molecule has 2 N–H and O–H groups in total. The van der Waals surface area contributed by atoms with E-state index in [1.165, 1.54) is 5.56 Å². The van der Waals surface area contributed by atoms with Crippen LogP contribution in [-0.2, 0) is 16.6 Å². The van der Waals surface area contributed by atoms with Crippen molar-refractivity contribution in [1.29, 1.82) is 0 Å². The standard InChI is InChI=1S/C9H15NOS2/c1-8(2-4-10)13(11)7-9-3-5-12-6-9/h3,5-6,8H,2,4,7,10H2,1H3. The smallest absolute Gasteiger partial charge is 0.0496 e. The second-order valence-corrected chi connectivity index (χ2v) is 5.68. The Kier molecular flexibility index (Phi) is 4.62. The third kappa shape index (κ3) is 3.58. The first kappa shape index (κ1) is 10.9. The fourth-order valence-corrected chi connectivity index (χ4v) is 3.01. The molecule has 0 aliphatic carbocycles. The van der Waals surface area contributed by atoms with Gasteiger partial charge in [0, 0.05) is 21.8 Å². The Balaban J connectivity index is 2.41. The molecule has 0 aliphatic heterocycles. The van der Waals surface area contributed by atoms with Crippen LogP contribution >= 0.6 is 11.3 Å². The molecule has 13 heavy (non-hydrogen) atoms. The Labute approximate surface area is 85.6 Å². The summed E-state index contributed by atoms with van der Waals surface area (Å²) in [4.78, 5) is 0.